The molecule has 5 amide bonds. The van der Waals surface area contributed by atoms with Gasteiger partial charge in [-0.15, -0.1) is 0 Å². The van der Waals surface area contributed by atoms with E-state index in [-0.39, 0.29) is 23.0 Å². The van der Waals surface area contributed by atoms with Gasteiger partial charge in [-0.1, -0.05) is 62.3 Å². The van der Waals surface area contributed by atoms with Crippen LogP contribution in [0, 0.1) is 11.3 Å². The standard InChI is InChI=1S/C28H51N5O5S/c1-11-28(10,16-39-27(7,8)9)32-25(38)31-21(26(4,5)6)24(37)33-14-12-13-19(33)23(36)30-18(15-17(2)3)20(34)22(29)35/h17-19,21H,11-16H2,1-10H3,(H2,29,35)(H,30,36)(H2,31,32,38)/t18?,19-,21?,28?/m0/s1. The Morgan fingerprint density at radius 3 is 2.05 bits per heavy atom. The molecule has 0 aromatic heterocycles. The van der Waals surface area contributed by atoms with Crippen molar-refractivity contribution in [3.63, 3.8) is 0 Å². The van der Waals surface area contributed by atoms with Gasteiger partial charge in [-0.05, 0) is 43.9 Å². The summed E-state index contributed by atoms with van der Waals surface area (Å²) in [5.74, 6) is -2.09. The Morgan fingerprint density at radius 1 is 1.00 bits per heavy atom. The highest BCUT2D eigenvalue weighted by molar-refractivity contribution is 8.00. The minimum atomic E-state index is -1.11. The molecule has 39 heavy (non-hydrogen) atoms. The molecule has 1 saturated heterocycles. The largest absolute Gasteiger partial charge is 0.363 e. The van der Waals surface area contributed by atoms with E-state index in [2.05, 4.69) is 36.7 Å². The number of thioether (sulfide) groups is 1. The molecule has 0 aromatic carbocycles. The van der Waals surface area contributed by atoms with Crippen LogP contribution in [0.25, 0.3) is 0 Å². The highest BCUT2D eigenvalue weighted by Gasteiger charge is 2.43. The van der Waals surface area contributed by atoms with E-state index < -0.39 is 52.7 Å². The van der Waals surface area contributed by atoms with Crippen molar-refractivity contribution >= 4 is 41.3 Å². The number of urea groups is 1. The minimum absolute atomic E-state index is 0.0310. The van der Waals surface area contributed by atoms with E-state index in [0.29, 0.717) is 31.6 Å². The van der Waals surface area contributed by atoms with Crippen molar-refractivity contribution in [2.45, 2.75) is 123 Å². The van der Waals surface area contributed by atoms with Gasteiger partial charge in [0.05, 0.1) is 6.04 Å². The lowest BCUT2D eigenvalue weighted by atomic mass is 9.85. The van der Waals surface area contributed by atoms with Crippen molar-refractivity contribution < 1.29 is 24.0 Å². The molecule has 0 aromatic rings. The third-order valence-electron chi connectivity index (χ3n) is 6.83. The van der Waals surface area contributed by atoms with Crippen LogP contribution in [0.15, 0.2) is 0 Å². The Labute approximate surface area is 238 Å². The summed E-state index contributed by atoms with van der Waals surface area (Å²) >= 11 is 1.76. The average Bonchev–Trinajstić information content (AvgIpc) is 3.28. The minimum Gasteiger partial charge on any atom is -0.363 e. The van der Waals surface area contributed by atoms with Crippen LogP contribution < -0.4 is 21.7 Å². The van der Waals surface area contributed by atoms with Crippen molar-refractivity contribution in [3.05, 3.63) is 0 Å². The summed E-state index contributed by atoms with van der Waals surface area (Å²) in [7, 11) is 0. The Morgan fingerprint density at radius 2 is 1.59 bits per heavy atom. The van der Waals surface area contributed by atoms with Crippen LogP contribution in [0.1, 0.15) is 94.9 Å². The Hall–Kier alpha value is -2.30. The van der Waals surface area contributed by atoms with Crippen LogP contribution in [0.4, 0.5) is 4.79 Å². The first kappa shape index (κ1) is 34.7. The Bertz CT molecular complexity index is 911. The van der Waals surface area contributed by atoms with Crippen molar-refractivity contribution in [1.29, 1.82) is 0 Å². The van der Waals surface area contributed by atoms with Gasteiger partial charge < -0.3 is 26.6 Å². The molecule has 4 atom stereocenters. The molecule has 10 nitrogen and oxygen atoms in total. The first-order chi connectivity index (χ1) is 17.7. The number of Topliss-reactive ketones (excluding diaryl/α,β-unsaturated/α-hetero) is 1. The number of carbonyl (C=O) groups is 5. The number of nitrogens with zero attached hydrogens (tertiary/aromatic N) is 1. The summed E-state index contributed by atoms with van der Waals surface area (Å²) < 4.78 is 0.0417. The van der Waals surface area contributed by atoms with E-state index >= 15 is 0 Å². The van der Waals surface area contributed by atoms with Crippen LogP contribution >= 0.6 is 11.8 Å². The van der Waals surface area contributed by atoms with Crippen LogP contribution in [-0.2, 0) is 19.2 Å². The molecule has 0 bridgehead atoms. The van der Waals surface area contributed by atoms with E-state index in [1.54, 1.807) is 11.8 Å². The van der Waals surface area contributed by atoms with Gasteiger partial charge in [-0.2, -0.15) is 11.8 Å². The lowest BCUT2D eigenvalue weighted by Crippen LogP contribution is -2.62. The molecule has 1 aliphatic heterocycles. The predicted molar refractivity (Wildman–Crippen MR) is 156 cm³/mol. The molecule has 0 aliphatic carbocycles. The fourth-order valence-corrected chi connectivity index (χ4v) is 5.33. The van der Waals surface area contributed by atoms with Crippen molar-refractivity contribution in [1.82, 2.24) is 20.9 Å². The molecule has 224 valence electrons. The van der Waals surface area contributed by atoms with E-state index in [1.807, 2.05) is 48.5 Å². The number of rotatable bonds is 12. The second-order valence-corrected chi connectivity index (χ2v) is 15.1. The van der Waals surface area contributed by atoms with Gasteiger partial charge in [0, 0.05) is 22.6 Å². The van der Waals surface area contributed by atoms with Crippen molar-refractivity contribution in [2.24, 2.45) is 17.1 Å². The molecule has 0 radical (unpaired) electrons. The SMILES string of the molecule is CCC(C)(CSC(C)(C)C)NC(=O)NC(C(=O)N1CCC[C@H]1C(=O)NC(CC(C)C)C(=O)C(N)=O)C(C)(C)C. The second-order valence-electron chi connectivity index (χ2n) is 13.3. The van der Waals surface area contributed by atoms with Gasteiger partial charge in [-0.3, -0.25) is 19.2 Å². The molecule has 1 aliphatic rings. The van der Waals surface area contributed by atoms with Gasteiger partial charge in [0.2, 0.25) is 17.6 Å². The number of hydrogen-bond acceptors (Lipinski definition) is 6. The summed E-state index contributed by atoms with van der Waals surface area (Å²) in [4.78, 5) is 65.5. The number of primary amides is 1. The summed E-state index contributed by atoms with van der Waals surface area (Å²) in [5, 5.41) is 8.60. The number of hydrogen-bond donors (Lipinski definition) is 4. The average molecular weight is 570 g/mol. The number of amides is 5. The van der Waals surface area contributed by atoms with Crippen LogP contribution in [0.2, 0.25) is 0 Å². The van der Waals surface area contributed by atoms with Crippen molar-refractivity contribution in [3.8, 4) is 0 Å². The normalized spacial score (nSPS) is 19.2. The molecule has 11 heteroatoms. The first-order valence-electron chi connectivity index (χ1n) is 13.9. The molecule has 0 saturated carbocycles. The quantitative estimate of drug-likeness (QED) is 0.265. The first-order valence-corrected chi connectivity index (χ1v) is 14.9. The number of ketones is 1. The zero-order valence-corrected chi connectivity index (χ0v) is 26.3. The summed E-state index contributed by atoms with van der Waals surface area (Å²) in [5.41, 5.74) is 4.09. The smallest absolute Gasteiger partial charge is 0.315 e. The lowest BCUT2D eigenvalue weighted by Gasteiger charge is -2.37. The van der Waals surface area contributed by atoms with Crippen LogP contribution in [0.3, 0.4) is 0 Å². The third-order valence-corrected chi connectivity index (χ3v) is 8.48. The third kappa shape index (κ3) is 11.0. The van der Waals surface area contributed by atoms with Gasteiger partial charge in [0.1, 0.15) is 12.1 Å². The Balaban J connectivity index is 3.07. The molecular formula is C28H51N5O5S. The number of nitrogens with one attached hydrogen (secondary N) is 3. The molecular weight excluding hydrogens is 518 g/mol. The summed E-state index contributed by atoms with van der Waals surface area (Å²) in [6.45, 7) is 20.0. The van der Waals surface area contributed by atoms with E-state index in [9.17, 15) is 24.0 Å². The molecule has 1 heterocycles. The van der Waals surface area contributed by atoms with E-state index in [1.165, 1.54) is 4.90 Å². The molecule has 1 rings (SSSR count). The van der Waals surface area contributed by atoms with E-state index in [0.717, 1.165) is 0 Å². The second kappa shape index (κ2) is 13.9. The highest BCUT2D eigenvalue weighted by atomic mass is 32.2. The maximum atomic E-state index is 13.8. The molecule has 0 spiro atoms. The monoisotopic (exact) mass is 569 g/mol. The van der Waals surface area contributed by atoms with Gasteiger partial charge in [0.25, 0.3) is 5.91 Å². The van der Waals surface area contributed by atoms with E-state index in [4.69, 9.17) is 5.73 Å². The van der Waals surface area contributed by atoms with Gasteiger partial charge in [0.15, 0.2) is 0 Å². The van der Waals surface area contributed by atoms with Crippen molar-refractivity contribution in [2.75, 3.05) is 12.3 Å². The maximum Gasteiger partial charge on any atom is 0.315 e. The number of nitrogens with two attached hydrogens (primary N) is 1. The van der Waals surface area contributed by atoms with Crippen LogP contribution in [0.5, 0.6) is 0 Å². The Kier molecular flexibility index (Phi) is 12.3. The lowest BCUT2D eigenvalue weighted by molar-refractivity contribution is -0.143. The number of likely N-dealkylation sites (tertiary alicyclic amines) is 1. The van der Waals surface area contributed by atoms with Gasteiger partial charge in [-0.25, -0.2) is 4.79 Å². The molecule has 5 N–H and O–H groups in total. The maximum absolute atomic E-state index is 13.8. The summed E-state index contributed by atoms with van der Waals surface area (Å²) in [6.07, 6.45) is 1.99. The molecule has 3 unspecified atom stereocenters. The highest BCUT2D eigenvalue weighted by Crippen LogP contribution is 2.29. The molecule has 1 fully saturated rings. The predicted octanol–water partition coefficient (Wildman–Crippen LogP) is 2.98. The fourth-order valence-electron chi connectivity index (χ4n) is 4.30. The fraction of sp³-hybridized carbons (Fsp3) is 0.821. The topological polar surface area (TPSA) is 151 Å². The van der Waals surface area contributed by atoms with Gasteiger partial charge >= 0.3 is 6.03 Å². The summed E-state index contributed by atoms with van der Waals surface area (Å²) in [6, 6.07) is -3.19. The van der Waals surface area contributed by atoms with Crippen LogP contribution in [-0.4, -0.2) is 75.1 Å². The number of carbonyl (C=O) groups excluding carboxylic acids is 5. The zero-order valence-electron chi connectivity index (χ0n) is 25.5. The zero-order chi connectivity index (χ0) is 30.3.